The molecule has 0 aromatic heterocycles. The van der Waals surface area contributed by atoms with Gasteiger partial charge in [0.2, 0.25) is 5.91 Å². The highest BCUT2D eigenvalue weighted by Crippen LogP contribution is 2.61. The topological polar surface area (TPSA) is 79.2 Å². The van der Waals surface area contributed by atoms with Crippen molar-refractivity contribution in [2.24, 2.45) is 17.3 Å². The molecule has 0 spiro atoms. The lowest BCUT2D eigenvalue weighted by molar-refractivity contribution is -0.120. The van der Waals surface area contributed by atoms with E-state index in [1.165, 1.54) is 44.4 Å². The smallest absolute Gasteiger partial charge is 0.228 e. The van der Waals surface area contributed by atoms with Crippen LogP contribution in [-0.2, 0) is 10.2 Å². The van der Waals surface area contributed by atoms with Crippen LogP contribution in [0.4, 0.5) is 14.5 Å². The van der Waals surface area contributed by atoms with Gasteiger partial charge < -0.3 is 10.1 Å². The van der Waals surface area contributed by atoms with Gasteiger partial charge in [0.25, 0.3) is 0 Å². The molecule has 9 heteroatoms. The summed E-state index contributed by atoms with van der Waals surface area (Å²) in [5, 5.41) is 13.8. The third kappa shape index (κ3) is 5.88. The molecule has 1 fully saturated rings. The van der Waals surface area contributed by atoms with Crippen LogP contribution in [-0.4, -0.2) is 18.8 Å². The van der Waals surface area contributed by atoms with Gasteiger partial charge in [-0.3, -0.25) is 9.59 Å². The number of halogens is 4. The van der Waals surface area contributed by atoms with E-state index < -0.39 is 40.7 Å². The summed E-state index contributed by atoms with van der Waals surface area (Å²) in [6, 6.07) is 15.5. The summed E-state index contributed by atoms with van der Waals surface area (Å²) in [4.78, 5) is 26.0. The molecule has 0 bridgehead atoms. The maximum atomic E-state index is 15.8. The van der Waals surface area contributed by atoms with Crippen LogP contribution in [0.2, 0.25) is 10.0 Å². The molecule has 0 aliphatic heterocycles. The lowest BCUT2D eigenvalue weighted by atomic mass is 9.62. The van der Waals surface area contributed by atoms with Crippen LogP contribution in [0, 0.1) is 40.2 Å². The molecule has 4 rings (SSSR count). The molecule has 0 saturated heterocycles. The molecule has 220 valence electrons. The summed E-state index contributed by atoms with van der Waals surface area (Å²) in [6.07, 6.45) is 0.616. The highest BCUT2D eigenvalue weighted by Gasteiger charge is 2.61. The molecule has 1 saturated carbocycles. The van der Waals surface area contributed by atoms with Crippen LogP contribution in [0.15, 0.2) is 54.6 Å². The maximum absolute atomic E-state index is 15.8. The summed E-state index contributed by atoms with van der Waals surface area (Å²) >= 11 is 12.3. The Kier molecular flexibility index (Phi) is 9.01. The zero-order valence-electron chi connectivity index (χ0n) is 24.0. The first-order valence-electron chi connectivity index (χ1n) is 13.5. The zero-order chi connectivity index (χ0) is 31.0. The first-order chi connectivity index (χ1) is 19.7. The normalized spacial score (nSPS) is 22.0. The van der Waals surface area contributed by atoms with E-state index in [9.17, 15) is 14.9 Å². The molecule has 3 aromatic rings. The molecule has 3 aromatic carbocycles. The van der Waals surface area contributed by atoms with Crippen molar-refractivity contribution in [2.45, 2.75) is 51.9 Å². The van der Waals surface area contributed by atoms with E-state index >= 15 is 8.78 Å². The molecule has 0 heterocycles. The van der Waals surface area contributed by atoms with Crippen molar-refractivity contribution in [1.29, 1.82) is 5.26 Å². The predicted octanol–water partition coefficient (Wildman–Crippen LogP) is 8.74. The highest BCUT2D eigenvalue weighted by molar-refractivity contribution is 6.31. The molecule has 1 amide bonds. The predicted molar refractivity (Wildman–Crippen MR) is 160 cm³/mol. The molecule has 5 nitrogen and oxygen atoms in total. The van der Waals surface area contributed by atoms with Gasteiger partial charge in [-0.25, -0.2) is 8.78 Å². The fourth-order valence-corrected chi connectivity index (χ4v) is 6.68. The van der Waals surface area contributed by atoms with Crippen molar-refractivity contribution in [1.82, 2.24) is 0 Å². The molecule has 0 radical (unpaired) electrons. The van der Waals surface area contributed by atoms with Gasteiger partial charge >= 0.3 is 0 Å². The number of amides is 1. The third-order valence-corrected chi connectivity index (χ3v) is 8.54. The Morgan fingerprint density at radius 2 is 1.83 bits per heavy atom. The summed E-state index contributed by atoms with van der Waals surface area (Å²) in [6.45, 7) is 7.41. The summed E-state index contributed by atoms with van der Waals surface area (Å²) < 4.78 is 37.1. The minimum absolute atomic E-state index is 0.0479. The number of nitrogens with one attached hydrogen (secondary N) is 1. The van der Waals surface area contributed by atoms with Gasteiger partial charge in [0.1, 0.15) is 17.4 Å². The monoisotopic (exact) mass is 612 g/mol. The Bertz CT molecular complexity index is 1580. The minimum Gasteiger partial charge on any atom is -0.495 e. The molecular weight excluding hydrogens is 581 g/mol. The lowest BCUT2D eigenvalue weighted by Crippen LogP contribution is -2.39. The first kappa shape index (κ1) is 31.5. The number of anilines is 1. The second-order valence-electron chi connectivity index (χ2n) is 12.0. The van der Waals surface area contributed by atoms with Crippen LogP contribution in [0.5, 0.6) is 5.75 Å². The second kappa shape index (κ2) is 12.0. The largest absolute Gasteiger partial charge is 0.495 e. The number of nitriles is 1. The van der Waals surface area contributed by atoms with E-state index in [-0.39, 0.29) is 44.5 Å². The number of nitrogens with zero attached hydrogens (tertiary/aromatic N) is 1. The Balaban J connectivity index is 1.95. The van der Waals surface area contributed by atoms with Crippen LogP contribution in [0.25, 0.3) is 0 Å². The molecule has 1 N–H and O–H groups in total. The number of hydrogen-bond donors (Lipinski definition) is 1. The van der Waals surface area contributed by atoms with Crippen molar-refractivity contribution in [3.05, 3.63) is 93.0 Å². The Labute approximate surface area is 254 Å². The van der Waals surface area contributed by atoms with E-state index in [2.05, 4.69) is 11.4 Å². The van der Waals surface area contributed by atoms with Crippen molar-refractivity contribution in [3.63, 3.8) is 0 Å². The van der Waals surface area contributed by atoms with E-state index in [1.807, 2.05) is 20.8 Å². The van der Waals surface area contributed by atoms with Gasteiger partial charge in [-0.1, -0.05) is 62.2 Å². The molecule has 1 aliphatic carbocycles. The van der Waals surface area contributed by atoms with Gasteiger partial charge in [0.15, 0.2) is 5.78 Å². The number of Topliss-reactive ketones (excluding diaryl/α,β-unsaturated/α-hetero) is 1. The summed E-state index contributed by atoms with van der Waals surface area (Å²) in [5.74, 6) is -4.50. The molecule has 42 heavy (non-hydrogen) atoms. The standard InChI is InChI=1S/C33H32Cl2F2N2O3/c1-18(40)19-9-12-27(28(13-19)42-5)39-31(41)23-14-20(16-32(2,3)4)33(17-38,24-11-10-21(34)15-26(24)36)29(23)22-7-6-8-25(35)30(22)37/h6-13,15,20,23,29H,14,16H2,1-5H3,(H,39,41)/t20-,23+,29-,33+/m0/s1. The number of methoxy groups -OCH3 is 1. The van der Waals surface area contributed by atoms with Gasteiger partial charge in [0.05, 0.1) is 29.3 Å². The van der Waals surface area contributed by atoms with E-state index in [0.29, 0.717) is 17.7 Å². The zero-order valence-corrected chi connectivity index (χ0v) is 25.5. The number of benzene rings is 3. The fraction of sp³-hybridized carbons (Fsp3) is 0.364. The van der Waals surface area contributed by atoms with Crippen molar-refractivity contribution in [3.8, 4) is 11.8 Å². The first-order valence-corrected chi connectivity index (χ1v) is 14.3. The molecular formula is C33H32Cl2F2N2O3. The van der Waals surface area contributed by atoms with Crippen molar-refractivity contribution in [2.75, 3.05) is 12.4 Å². The Morgan fingerprint density at radius 1 is 1.12 bits per heavy atom. The summed E-state index contributed by atoms with van der Waals surface area (Å²) in [5.41, 5.74) is -1.16. The van der Waals surface area contributed by atoms with E-state index in [4.69, 9.17) is 27.9 Å². The average molecular weight is 614 g/mol. The van der Waals surface area contributed by atoms with Crippen LogP contribution < -0.4 is 10.1 Å². The van der Waals surface area contributed by atoms with Gasteiger partial charge in [-0.2, -0.15) is 5.26 Å². The molecule has 4 atom stereocenters. The number of rotatable bonds is 7. The highest BCUT2D eigenvalue weighted by atomic mass is 35.5. The number of carbonyl (C=O) groups is 2. The van der Waals surface area contributed by atoms with Gasteiger partial charge in [-0.05, 0) is 73.1 Å². The van der Waals surface area contributed by atoms with Crippen molar-refractivity contribution >= 4 is 40.6 Å². The maximum Gasteiger partial charge on any atom is 0.228 e. The number of hydrogen-bond acceptors (Lipinski definition) is 4. The Hall–Kier alpha value is -3.47. The molecule has 1 aliphatic rings. The fourth-order valence-electron chi connectivity index (χ4n) is 6.34. The van der Waals surface area contributed by atoms with Crippen LogP contribution in [0.3, 0.4) is 0 Å². The SMILES string of the molecule is COc1cc(C(C)=O)ccc1NC(=O)[C@@H]1C[C@@H](CC(C)(C)C)[C@](C#N)(c2ccc(Cl)cc2F)[C@H]1c1cccc(Cl)c1F. The average Bonchev–Trinajstić information content (AvgIpc) is 3.23. The van der Waals surface area contributed by atoms with Crippen LogP contribution in [0.1, 0.15) is 67.9 Å². The number of carbonyl (C=O) groups excluding carboxylic acids is 2. The Morgan fingerprint density at radius 3 is 2.43 bits per heavy atom. The van der Waals surface area contributed by atoms with Crippen LogP contribution >= 0.6 is 23.2 Å². The lowest BCUT2D eigenvalue weighted by Gasteiger charge is -2.38. The van der Waals surface area contributed by atoms with Gasteiger partial charge in [0, 0.05) is 28.0 Å². The second-order valence-corrected chi connectivity index (χ2v) is 12.8. The van der Waals surface area contributed by atoms with E-state index in [0.717, 1.165) is 6.07 Å². The quantitative estimate of drug-likeness (QED) is 0.270. The van der Waals surface area contributed by atoms with Gasteiger partial charge in [-0.15, -0.1) is 0 Å². The number of ether oxygens (including phenoxy) is 1. The van der Waals surface area contributed by atoms with Crippen molar-refractivity contribution < 1.29 is 23.1 Å². The molecule has 0 unspecified atom stereocenters. The number of ketones is 1. The minimum atomic E-state index is -1.64. The van der Waals surface area contributed by atoms with E-state index in [1.54, 1.807) is 18.2 Å². The third-order valence-electron chi connectivity index (χ3n) is 8.02. The summed E-state index contributed by atoms with van der Waals surface area (Å²) in [7, 11) is 1.41.